The molecule has 2 unspecified atom stereocenters. The highest BCUT2D eigenvalue weighted by Gasteiger charge is 2.23. The van der Waals surface area contributed by atoms with Crippen molar-refractivity contribution < 1.29 is 23.8 Å². The first kappa shape index (κ1) is 21.3. The Morgan fingerprint density at radius 3 is 2.11 bits per heavy atom. The fourth-order valence-corrected chi connectivity index (χ4v) is 2.36. The molecule has 0 saturated heterocycles. The van der Waals surface area contributed by atoms with Crippen molar-refractivity contribution in [2.45, 2.75) is 45.4 Å². The summed E-state index contributed by atoms with van der Waals surface area (Å²) < 4.78 is 16.5. The summed E-state index contributed by atoms with van der Waals surface area (Å²) in [5, 5.41) is 2.47. The standard InChI is InChI=1S/C22H27NO5/c1-16(23-21(25)28-22(2,3)4)20(24)26-15-19(17-11-7-5-8-12-17)27-18-13-9-6-10-14-18/h5-14,16,19H,15H2,1-4H3,(H,23,25). The van der Waals surface area contributed by atoms with Gasteiger partial charge in [-0.1, -0.05) is 48.5 Å². The molecule has 0 fully saturated rings. The first-order valence-corrected chi connectivity index (χ1v) is 9.17. The van der Waals surface area contributed by atoms with E-state index in [2.05, 4.69) is 5.32 Å². The molecule has 0 saturated carbocycles. The maximum Gasteiger partial charge on any atom is 0.408 e. The molecule has 150 valence electrons. The van der Waals surface area contributed by atoms with E-state index in [0.29, 0.717) is 5.75 Å². The number of benzene rings is 2. The number of carbonyl (C=O) groups is 2. The molecule has 2 atom stereocenters. The van der Waals surface area contributed by atoms with Crippen LogP contribution in [0.25, 0.3) is 0 Å². The summed E-state index contributed by atoms with van der Waals surface area (Å²) in [5.74, 6) is 0.107. The Morgan fingerprint density at radius 1 is 0.964 bits per heavy atom. The van der Waals surface area contributed by atoms with Crippen LogP contribution >= 0.6 is 0 Å². The van der Waals surface area contributed by atoms with Gasteiger partial charge in [0.05, 0.1) is 0 Å². The Kier molecular flexibility index (Phi) is 7.44. The lowest BCUT2D eigenvalue weighted by atomic mass is 10.1. The number of rotatable bonds is 7. The molecular weight excluding hydrogens is 358 g/mol. The fourth-order valence-electron chi connectivity index (χ4n) is 2.36. The molecule has 2 rings (SSSR count). The Labute approximate surface area is 165 Å². The monoisotopic (exact) mass is 385 g/mol. The molecule has 0 aromatic heterocycles. The van der Waals surface area contributed by atoms with Crippen molar-refractivity contribution >= 4 is 12.1 Å². The van der Waals surface area contributed by atoms with Crippen LogP contribution in [0.5, 0.6) is 5.75 Å². The van der Waals surface area contributed by atoms with Gasteiger partial charge < -0.3 is 19.5 Å². The van der Waals surface area contributed by atoms with Crippen molar-refractivity contribution in [1.82, 2.24) is 5.32 Å². The van der Waals surface area contributed by atoms with E-state index >= 15 is 0 Å². The van der Waals surface area contributed by atoms with Crippen LogP contribution in [0.2, 0.25) is 0 Å². The van der Waals surface area contributed by atoms with Crippen LogP contribution in [-0.2, 0) is 14.3 Å². The van der Waals surface area contributed by atoms with Gasteiger partial charge in [-0.3, -0.25) is 0 Å². The van der Waals surface area contributed by atoms with Crippen molar-refractivity contribution in [3.05, 3.63) is 66.2 Å². The normalized spacial score (nSPS) is 13.1. The lowest BCUT2D eigenvalue weighted by Gasteiger charge is -2.23. The average Bonchev–Trinajstić information content (AvgIpc) is 2.64. The van der Waals surface area contributed by atoms with Crippen LogP contribution in [-0.4, -0.2) is 30.3 Å². The van der Waals surface area contributed by atoms with E-state index < -0.39 is 29.8 Å². The molecule has 0 bridgehead atoms. The number of alkyl carbamates (subject to hydrolysis) is 1. The maximum atomic E-state index is 12.3. The molecule has 0 spiro atoms. The minimum absolute atomic E-state index is 0.0120. The van der Waals surface area contributed by atoms with Crippen molar-refractivity contribution in [2.75, 3.05) is 6.61 Å². The number of hydrogen-bond acceptors (Lipinski definition) is 5. The first-order chi connectivity index (χ1) is 13.2. The lowest BCUT2D eigenvalue weighted by molar-refractivity contribution is -0.148. The minimum atomic E-state index is -0.844. The topological polar surface area (TPSA) is 73.9 Å². The van der Waals surface area contributed by atoms with Crippen LogP contribution in [0.15, 0.2) is 60.7 Å². The van der Waals surface area contributed by atoms with Gasteiger partial charge in [-0.2, -0.15) is 0 Å². The molecule has 0 radical (unpaired) electrons. The molecule has 6 nitrogen and oxygen atoms in total. The van der Waals surface area contributed by atoms with E-state index in [9.17, 15) is 9.59 Å². The Hall–Kier alpha value is -3.02. The zero-order valence-electron chi connectivity index (χ0n) is 16.7. The molecule has 6 heteroatoms. The number of ether oxygens (including phenoxy) is 3. The maximum absolute atomic E-state index is 12.3. The predicted molar refractivity (Wildman–Crippen MR) is 106 cm³/mol. The highest BCUT2D eigenvalue weighted by atomic mass is 16.6. The smallest absolute Gasteiger partial charge is 0.408 e. The van der Waals surface area contributed by atoms with Crippen molar-refractivity contribution in [2.24, 2.45) is 0 Å². The molecule has 1 amide bonds. The number of esters is 1. The Morgan fingerprint density at radius 2 is 1.54 bits per heavy atom. The van der Waals surface area contributed by atoms with Crippen LogP contribution < -0.4 is 10.1 Å². The van der Waals surface area contributed by atoms with E-state index in [1.807, 2.05) is 60.7 Å². The van der Waals surface area contributed by atoms with Crippen LogP contribution in [0.3, 0.4) is 0 Å². The van der Waals surface area contributed by atoms with E-state index in [-0.39, 0.29) is 6.61 Å². The van der Waals surface area contributed by atoms with Gasteiger partial charge >= 0.3 is 12.1 Å². The summed E-state index contributed by atoms with van der Waals surface area (Å²) in [6.45, 7) is 6.81. The SMILES string of the molecule is CC(NC(=O)OC(C)(C)C)C(=O)OCC(Oc1ccccc1)c1ccccc1. The second-order valence-corrected chi connectivity index (χ2v) is 7.33. The highest BCUT2D eigenvalue weighted by molar-refractivity contribution is 5.81. The number of para-hydroxylation sites is 1. The predicted octanol–water partition coefficient (Wildman–Crippen LogP) is 4.26. The summed E-state index contributed by atoms with van der Waals surface area (Å²) >= 11 is 0. The van der Waals surface area contributed by atoms with E-state index in [1.54, 1.807) is 27.7 Å². The molecule has 28 heavy (non-hydrogen) atoms. The molecule has 0 aliphatic heterocycles. The zero-order valence-corrected chi connectivity index (χ0v) is 16.7. The summed E-state index contributed by atoms with van der Waals surface area (Å²) in [5.41, 5.74) is 0.238. The van der Waals surface area contributed by atoms with E-state index in [1.165, 1.54) is 0 Å². The minimum Gasteiger partial charge on any atom is -0.482 e. The Balaban J connectivity index is 1.96. The molecule has 1 N–H and O–H groups in total. The fraction of sp³-hybridized carbons (Fsp3) is 0.364. The van der Waals surface area contributed by atoms with Gasteiger partial charge in [0, 0.05) is 0 Å². The van der Waals surface area contributed by atoms with Gasteiger partial charge in [-0.25, -0.2) is 9.59 Å². The van der Waals surface area contributed by atoms with Crippen molar-refractivity contribution in [3.8, 4) is 5.75 Å². The zero-order chi connectivity index (χ0) is 20.6. The van der Waals surface area contributed by atoms with E-state index in [4.69, 9.17) is 14.2 Å². The third kappa shape index (κ3) is 7.31. The molecule has 2 aromatic carbocycles. The van der Waals surface area contributed by atoms with Crippen LogP contribution in [0.4, 0.5) is 4.79 Å². The number of carbonyl (C=O) groups excluding carboxylic acids is 2. The van der Waals surface area contributed by atoms with E-state index in [0.717, 1.165) is 5.56 Å². The van der Waals surface area contributed by atoms with Gasteiger partial charge in [-0.05, 0) is 45.4 Å². The number of nitrogens with one attached hydrogen (secondary N) is 1. The molecule has 0 aliphatic rings. The van der Waals surface area contributed by atoms with Gasteiger partial charge in [0.1, 0.15) is 24.0 Å². The molecular formula is C22H27NO5. The van der Waals surface area contributed by atoms with Gasteiger partial charge in [0.2, 0.25) is 0 Å². The summed E-state index contributed by atoms with van der Waals surface area (Å²) in [7, 11) is 0. The second-order valence-electron chi connectivity index (χ2n) is 7.33. The lowest BCUT2D eigenvalue weighted by Crippen LogP contribution is -2.42. The van der Waals surface area contributed by atoms with Gasteiger partial charge in [0.15, 0.2) is 6.10 Å². The molecule has 0 aliphatic carbocycles. The average molecular weight is 385 g/mol. The third-order valence-corrected chi connectivity index (χ3v) is 3.66. The molecule has 2 aromatic rings. The summed E-state index contributed by atoms with van der Waals surface area (Å²) in [4.78, 5) is 24.1. The quantitative estimate of drug-likeness (QED) is 0.721. The van der Waals surface area contributed by atoms with Crippen molar-refractivity contribution in [1.29, 1.82) is 0 Å². The summed E-state index contributed by atoms with van der Waals surface area (Å²) in [6, 6.07) is 18.0. The second kappa shape index (κ2) is 9.78. The van der Waals surface area contributed by atoms with Crippen LogP contribution in [0.1, 0.15) is 39.4 Å². The number of amides is 1. The Bertz CT molecular complexity index is 756. The van der Waals surface area contributed by atoms with Crippen molar-refractivity contribution in [3.63, 3.8) is 0 Å². The third-order valence-electron chi connectivity index (χ3n) is 3.66. The van der Waals surface area contributed by atoms with Gasteiger partial charge in [-0.15, -0.1) is 0 Å². The van der Waals surface area contributed by atoms with Crippen LogP contribution in [0, 0.1) is 0 Å². The van der Waals surface area contributed by atoms with Gasteiger partial charge in [0.25, 0.3) is 0 Å². The summed E-state index contributed by atoms with van der Waals surface area (Å²) in [6.07, 6.45) is -1.14. The largest absolute Gasteiger partial charge is 0.482 e. The molecule has 0 heterocycles. The first-order valence-electron chi connectivity index (χ1n) is 9.17. The highest BCUT2D eigenvalue weighted by Crippen LogP contribution is 2.22. The number of hydrogen-bond donors (Lipinski definition) is 1.